The first-order valence-electron chi connectivity index (χ1n) is 8.92. The third-order valence-electron chi connectivity index (χ3n) is 4.07. The Kier molecular flexibility index (Phi) is 6.91. The van der Waals surface area contributed by atoms with E-state index in [-0.39, 0.29) is 29.3 Å². The van der Waals surface area contributed by atoms with Crippen LogP contribution in [-0.2, 0) is 9.59 Å². The molecule has 1 saturated heterocycles. The van der Waals surface area contributed by atoms with Crippen LogP contribution < -0.4 is 10.1 Å². The number of hydrogen-bond acceptors (Lipinski definition) is 6. The van der Waals surface area contributed by atoms with E-state index in [0.29, 0.717) is 10.6 Å². The second kappa shape index (κ2) is 9.60. The van der Waals surface area contributed by atoms with E-state index in [1.807, 2.05) is 0 Å². The van der Waals surface area contributed by atoms with Gasteiger partial charge in [0.15, 0.2) is 0 Å². The normalized spacial score (nSPS) is 14.9. The summed E-state index contributed by atoms with van der Waals surface area (Å²) in [6, 6.07) is 13.3. The first kappa shape index (κ1) is 21.6. The van der Waals surface area contributed by atoms with Gasteiger partial charge < -0.3 is 10.1 Å². The average molecular weight is 445 g/mol. The molecule has 0 spiro atoms. The maximum Gasteiger partial charge on any atom is 0.308 e. The van der Waals surface area contributed by atoms with Crippen LogP contribution in [-0.4, -0.2) is 41.0 Å². The first-order chi connectivity index (χ1) is 14.4. The minimum Gasteiger partial charge on any atom is -0.426 e. The summed E-state index contributed by atoms with van der Waals surface area (Å²) in [6.07, 6.45) is 1.57. The van der Waals surface area contributed by atoms with Crippen LogP contribution >= 0.6 is 23.4 Å². The van der Waals surface area contributed by atoms with Crippen molar-refractivity contribution < 1.29 is 23.9 Å². The molecule has 0 saturated carbocycles. The van der Waals surface area contributed by atoms with Crippen molar-refractivity contribution in [3.63, 3.8) is 0 Å². The van der Waals surface area contributed by atoms with Gasteiger partial charge in [0, 0.05) is 25.0 Å². The third kappa shape index (κ3) is 5.08. The summed E-state index contributed by atoms with van der Waals surface area (Å²) in [5.74, 6) is -1.33. The fourth-order valence-corrected chi connectivity index (χ4v) is 3.75. The fraction of sp³-hybridized carbons (Fsp3) is 0.143. The zero-order valence-electron chi connectivity index (χ0n) is 15.9. The number of benzene rings is 2. The molecule has 0 bridgehead atoms. The lowest BCUT2D eigenvalue weighted by atomic mass is 10.2. The van der Waals surface area contributed by atoms with Crippen molar-refractivity contribution in [3.8, 4) is 5.75 Å². The molecule has 154 valence electrons. The predicted octanol–water partition coefficient (Wildman–Crippen LogP) is 3.73. The number of carbonyl (C=O) groups excluding carboxylic acids is 4. The number of ether oxygens (including phenoxy) is 1. The number of nitrogens with zero attached hydrogens (tertiary/aromatic N) is 1. The molecule has 30 heavy (non-hydrogen) atoms. The Balaban J connectivity index is 1.62. The lowest BCUT2D eigenvalue weighted by Gasteiger charge is -2.14. The molecule has 9 heteroatoms. The van der Waals surface area contributed by atoms with Crippen LogP contribution in [0.1, 0.15) is 22.8 Å². The summed E-state index contributed by atoms with van der Waals surface area (Å²) < 4.78 is 5.02. The van der Waals surface area contributed by atoms with E-state index in [1.54, 1.807) is 42.5 Å². The van der Waals surface area contributed by atoms with Gasteiger partial charge in [-0.25, -0.2) is 0 Å². The highest BCUT2D eigenvalue weighted by molar-refractivity contribution is 8.18. The number of amides is 3. The van der Waals surface area contributed by atoms with Crippen molar-refractivity contribution in [1.29, 1.82) is 0 Å². The molecule has 0 radical (unpaired) electrons. The highest BCUT2D eigenvalue weighted by Gasteiger charge is 2.34. The quantitative estimate of drug-likeness (QED) is 0.414. The van der Waals surface area contributed by atoms with Gasteiger partial charge in [0.2, 0.25) is 0 Å². The van der Waals surface area contributed by atoms with E-state index in [4.69, 9.17) is 16.3 Å². The van der Waals surface area contributed by atoms with Crippen molar-refractivity contribution in [2.75, 3.05) is 13.1 Å². The SMILES string of the molecule is CC(=O)Oc1ccccc1C(=O)NCCN1C(=O)S/C(=C\c2ccccc2Cl)C1=O. The van der Waals surface area contributed by atoms with Gasteiger partial charge in [-0.1, -0.05) is 41.9 Å². The van der Waals surface area contributed by atoms with Crippen molar-refractivity contribution in [3.05, 3.63) is 69.6 Å². The van der Waals surface area contributed by atoms with Crippen molar-refractivity contribution in [2.24, 2.45) is 0 Å². The van der Waals surface area contributed by atoms with Crippen molar-refractivity contribution in [2.45, 2.75) is 6.92 Å². The minimum atomic E-state index is -0.543. The number of rotatable bonds is 6. The van der Waals surface area contributed by atoms with Crippen LogP contribution in [0.3, 0.4) is 0 Å². The summed E-state index contributed by atoms with van der Waals surface area (Å²) in [4.78, 5) is 49.7. The second-order valence-electron chi connectivity index (χ2n) is 6.20. The summed E-state index contributed by atoms with van der Waals surface area (Å²) in [7, 11) is 0. The largest absolute Gasteiger partial charge is 0.426 e. The van der Waals surface area contributed by atoms with Gasteiger partial charge in [-0.15, -0.1) is 0 Å². The number of esters is 1. The van der Waals surface area contributed by atoms with E-state index in [1.165, 1.54) is 19.1 Å². The molecule has 1 aliphatic heterocycles. The van der Waals surface area contributed by atoms with Gasteiger partial charge in [0.05, 0.1) is 10.5 Å². The average Bonchev–Trinajstić information content (AvgIpc) is 2.97. The van der Waals surface area contributed by atoms with Gasteiger partial charge in [0.25, 0.3) is 17.1 Å². The summed E-state index contributed by atoms with van der Waals surface area (Å²) in [5, 5.41) is 2.68. The zero-order chi connectivity index (χ0) is 21.7. The Morgan fingerprint density at radius 1 is 1.13 bits per heavy atom. The van der Waals surface area contributed by atoms with E-state index >= 15 is 0 Å². The predicted molar refractivity (Wildman–Crippen MR) is 114 cm³/mol. The van der Waals surface area contributed by atoms with Crippen molar-refractivity contribution in [1.82, 2.24) is 10.2 Å². The molecule has 0 atom stereocenters. The fourth-order valence-electron chi connectivity index (χ4n) is 2.70. The maximum absolute atomic E-state index is 12.6. The number of para-hydroxylation sites is 1. The Morgan fingerprint density at radius 3 is 2.57 bits per heavy atom. The highest BCUT2D eigenvalue weighted by Crippen LogP contribution is 2.33. The Hall–Kier alpha value is -3.10. The zero-order valence-corrected chi connectivity index (χ0v) is 17.5. The summed E-state index contributed by atoms with van der Waals surface area (Å²) in [5.41, 5.74) is 0.820. The summed E-state index contributed by atoms with van der Waals surface area (Å²) >= 11 is 6.92. The van der Waals surface area contributed by atoms with Gasteiger partial charge in [-0.2, -0.15) is 0 Å². The molecule has 3 rings (SSSR count). The molecular formula is C21H17ClN2O5S. The van der Waals surface area contributed by atoms with Gasteiger partial charge in [-0.3, -0.25) is 24.1 Å². The summed E-state index contributed by atoms with van der Waals surface area (Å²) in [6.45, 7) is 1.29. The van der Waals surface area contributed by atoms with Crippen molar-refractivity contribution >= 4 is 52.5 Å². The van der Waals surface area contributed by atoms with E-state index in [9.17, 15) is 19.2 Å². The van der Waals surface area contributed by atoms with E-state index in [2.05, 4.69) is 5.32 Å². The van der Waals surface area contributed by atoms with E-state index < -0.39 is 23.0 Å². The van der Waals surface area contributed by atoms with Gasteiger partial charge in [0.1, 0.15) is 5.75 Å². The molecule has 1 N–H and O–H groups in total. The number of hydrogen-bond donors (Lipinski definition) is 1. The topological polar surface area (TPSA) is 92.8 Å². The van der Waals surface area contributed by atoms with E-state index in [0.717, 1.165) is 16.7 Å². The monoisotopic (exact) mass is 444 g/mol. The van der Waals surface area contributed by atoms with Crippen LogP contribution in [0.5, 0.6) is 5.75 Å². The number of carbonyl (C=O) groups is 4. The molecule has 1 aliphatic rings. The molecule has 3 amide bonds. The molecule has 0 unspecified atom stereocenters. The van der Waals surface area contributed by atoms with Crippen LogP contribution in [0.2, 0.25) is 5.02 Å². The maximum atomic E-state index is 12.6. The highest BCUT2D eigenvalue weighted by atomic mass is 35.5. The minimum absolute atomic E-state index is 0.00595. The molecule has 0 aromatic heterocycles. The lowest BCUT2D eigenvalue weighted by Crippen LogP contribution is -2.37. The number of halogens is 1. The molecule has 1 fully saturated rings. The Bertz CT molecular complexity index is 1050. The second-order valence-corrected chi connectivity index (χ2v) is 7.60. The third-order valence-corrected chi connectivity index (χ3v) is 5.32. The molecular weight excluding hydrogens is 428 g/mol. The number of nitrogens with one attached hydrogen (secondary N) is 1. The number of imide groups is 1. The van der Waals surface area contributed by atoms with Crippen LogP contribution in [0.4, 0.5) is 4.79 Å². The molecule has 1 heterocycles. The van der Waals surface area contributed by atoms with Gasteiger partial charge in [-0.05, 0) is 41.6 Å². The van der Waals surface area contributed by atoms with Crippen LogP contribution in [0, 0.1) is 0 Å². The molecule has 0 aliphatic carbocycles. The Morgan fingerprint density at radius 2 is 1.83 bits per heavy atom. The first-order valence-corrected chi connectivity index (χ1v) is 10.1. The number of thioether (sulfide) groups is 1. The van der Waals surface area contributed by atoms with Crippen LogP contribution in [0.15, 0.2) is 53.4 Å². The Labute approximate surface area is 182 Å². The standard InChI is InChI=1S/C21H17ClN2O5S/c1-13(25)29-17-9-5-3-7-15(17)19(26)23-10-11-24-20(27)18(30-21(24)28)12-14-6-2-4-8-16(14)22/h2-9,12H,10-11H2,1H3,(H,23,26)/b18-12-. The molecule has 2 aromatic rings. The lowest BCUT2D eigenvalue weighted by molar-refractivity contribution is -0.132. The molecule has 7 nitrogen and oxygen atoms in total. The van der Waals surface area contributed by atoms with Gasteiger partial charge >= 0.3 is 5.97 Å². The van der Waals surface area contributed by atoms with Crippen LogP contribution in [0.25, 0.3) is 6.08 Å². The smallest absolute Gasteiger partial charge is 0.308 e. The molecule has 2 aromatic carbocycles.